The highest BCUT2D eigenvalue weighted by atomic mass is 79.9. The smallest absolute Gasteiger partial charge is 0.169 e. The van der Waals surface area contributed by atoms with Crippen molar-refractivity contribution in [3.05, 3.63) is 27.7 Å². The van der Waals surface area contributed by atoms with E-state index in [2.05, 4.69) is 15.9 Å². The molecule has 0 heterocycles. The van der Waals surface area contributed by atoms with Gasteiger partial charge in [-0.3, -0.25) is 4.79 Å². The average molecular weight is 297 g/mol. The fraction of sp³-hybridized carbons (Fsp3) is 0.500. The standard InChI is InChI=1S/C14H17BrO2/c1-9-7-11(14(17)12(15)8-9)13(16)10-5-3-2-4-6-10/h7-8,10,17H,2-6H2,1H3. The molecule has 1 aromatic carbocycles. The Labute approximate surface area is 110 Å². The van der Waals surface area contributed by atoms with Crippen LogP contribution in [0.15, 0.2) is 16.6 Å². The van der Waals surface area contributed by atoms with Gasteiger partial charge in [0.2, 0.25) is 0 Å². The third kappa shape index (κ3) is 2.71. The Hall–Kier alpha value is -0.830. The highest BCUT2D eigenvalue weighted by Crippen LogP contribution is 2.34. The molecule has 0 saturated heterocycles. The van der Waals surface area contributed by atoms with Gasteiger partial charge < -0.3 is 5.11 Å². The molecule has 1 saturated carbocycles. The van der Waals surface area contributed by atoms with Crippen LogP contribution in [0.25, 0.3) is 0 Å². The molecule has 1 aromatic rings. The van der Waals surface area contributed by atoms with Gasteiger partial charge in [-0.2, -0.15) is 0 Å². The van der Waals surface area contributed by atoms with Crippen LogP contribution < -0.4 is 0 Å². The van der Waals surface area contributed by atoms with Crippen LogP contribution in [-0.4, -0.2) is 10.9 Å². The molecule has 0 bridgehead atoms. The fourth-order valence-corrected chi connectivity index (χ4v) is 3.08. The second-order valence-electron chi connectivity index (χ2n) is 4.84. The number of phenols is 1. The minimum atomic E-state index is 0.0890. The van der Waals surface area contributed by atoms with Gasteiger partial charge in [0.15, 0.2) is 5.78 Å². The first-order valence-electron chi connectivity index (χ1n) is 6.13. The maximum absolute atomic E-state index is 12.3. The molecule has 1 aliphatic rings. The van der Waals surface area contributed by atoms with E-state index in [0.29, 0.717) is 10.0 Å². The summed E-state index contributed by atoms with van der Waals surface area (Å²) in [7, 11) is 0. The number of halogens is 1. The first-order chi connectivity index (χ1) is 8.09. The van der Waals surface area contributed by atoms with Crippen LogP contribution in [0.5, 0.6) is 5.75 Å². The molecule has 1 fully saturated rings. The van der Waals surface area contributed by atoms with E-state index in [1.165, 1.54) is 6.42 Å². The van der Waals surface area contributed by atoms with Crippen LogP contribution >= 0.6 is 15.9 Å². The minimum Gasteiger partial charge on any atom is -0.506 e. The lowest BCUT2D eigenvalue weighted by molar-refractivity contribution is 0.0886. The molecule has 2 rings (SSSR count). The fourth-order valence-electron chi connectivity index (χ4n) is 2.51. The van der Waals surface area contributed by atoms with Crippen molar-refractivity contribution in [1.29, 1.82) is 0 Å². The van der Waals surface area contributed by atoms with Gasteiger partial charge in [-0.15, -0.1) is 0 Å². The van der Waals surface area contributed by atoms with Crippen LogP contribution in [0.3, 0.4) is 0 Å². The number of aromatic hydroxyl groups is 1. The zero-order chi connectivity index (χ0) is 12.4. The lowest BCUT2D eigenvalue weighted by Crippen LogP contribution is -2.18. The molecule has 0 spiro atoms. The Morgan fingerprint density at radius 3 is 2.59 bits per heavy atom. The van der Waals surface area contributed by atoms with Crippen molar-refractivity contribution >= 4 is 21.7 Å². The van der Waals surface area contributed by atoms with E-state index in [1.54, 1.807) is 6.07 Å². The normalized spacial score (nSPS) is 17.1. The SMILES string of the molecule is Cc1cc(Br)c(O)c(C(=O)C2CCCCC2)c1. The van der Waals surface area contributed by atoms with Crippen LogP contribution in [-0.2, 0) is 0 Å². The van der Waals surface area contributed by atoms with Gasteiger partial charge in [0, 0.05) is 5.92 Å². The number of rotatable bonds is 2. The van der Waals surface area contributed by atoms with Gasteiger partial charge in [0.25, 0.3) is 0 Å². The molecule has 0 unspecified atom stereocenters. The van der Waals surface area contributed by atoms with E-state index in [0.717, 1.165) is 31.2 Å². The quantitative estimate of drug-likeness (QED) is 0.830. The molecule has 0 amide bonds. The van der Waals surface area contributed by atoms with Gasteiger partial charge in [-0.1, -0.05) is 19.3 Å². The number of phenolic OH excluding ortho intramolecular Hbond substituents is 1. The van der Waals surface area contributed by atoms with Gasteiger partial charge >= 0.3 is 0 Å². The van der Waals surface area contributed by atoms with Crippen molar-refractivity contribution in [2.75, 3.05) is 0 Å². The number of Topliss-reactive ketones (excluding diaryl/α,β-unsaturated/α-hetero) is 1. The maximum atomic E-state index is 12.3. The highest BCUT2D eigenvalue weighted by molar-refractivity contribution is 9.10. The highest BCUT2D eigenvalue weighted by Gasteiger charge is 2.25. The van der Waals surface area contributed by atoms with Gasteiger partial charge in [0.05, 0.1) is 10.0 Å². The third-order valence-corrected chi connectivity index (χ3v) is 4.05. The van der Waals surface area contributed by atoms with Crippen molar-refractivity contribution in [1.82, 2.24) is 0 Å². The molecule has 0 aromatic heterocycles. The number of aryl methyl sites for hydroxylation is 1. The number of hydrogen-bond donors (Lipinski definition) is 1. The molecule has 0 radical (unpaired) electrons. The molecule has 92 valence electrons. The summed E-state index contributed by atoms with van der Waals surface area (Å²) in [4.78, 5) is 12.3. The third-order valence-electron chi connectivity index (χ3n) is 3.45. The second kappa shape index (κ2) is 5.21. The lowest BCUT2D eigenvalue weighted by Gasteiger charge is -2.21. The van der Waals surface area contributed by atoms with E-state index in [9.17, 15) is 9.90 Å². The molecular weight excluding hydrogens is 280 g/mol. The van der Waals surface area contributed by atoms with E-state index in [1.807, 2.05) is 13.0 Å². The van der Waals surface area contributed by atoms with Crippen molar-refractivity contribution in [2.24, 2.45) is 5.92 Å². The summed E-state index contributed by atoms with van der Waals surface area (Å²) >= 11 is 3.29. The first-order valence-corrected chi connectivity index (χ1v) is 6.92. The molecule has 17 heavy (non-hydrogen) atoms. The number of carbonyl (C=O) groups excluding carboxylic acids is 1. The van der Waals surface area contributed by atoms with Gasteiger partial charge in [-0.25, -0.2) is 0 Å². The molecule has 2 nitrogen and oxygen atoms in total. The topological polar surface area (TPSA) is 37.3 Å². The lowest BCUT2D eigenvalue weighted by atomic mass is 9.83. The summed E-state index contributed by atoms with van der Waals surface area (Å²) in [5, 5.41) is 9.96. The second-order valence-corrected chi connectivity index (χ2v) is 5.70. The van der Waals surface area contributed by atoms with Crippen LogP contribution in [0.4, 0.5) is 0 Å². The summed E-state index contributed by atoms with van der Waals surface area (Å²) in [6.07, 6.45) is 5.41. The molecule has 1 N–H and O–H groups in total. The maximum Gasteiger partial charge on any atom is 0.169 e. The number of benzene rings is 1. The van der Waals surface area contributed by atoms with Gasteiger partial charge in [-0.05, 0) is 53.4 Å². The molecule has 0 atom stereocenters. The van der Waals surface area contributed by atoms with Crippen molar-refractivity contribution in [3.63, 3.8) is 0 Å². The zero-order valence-corrected chi connectivity index (χ0v) is 11.6. The van der Waals surface area contributed by atoms with Crippen molar-refractivity contribution in [3.8, 4) is 5.75 Å². The molecule has 3 heteroatoms. The van der Waals surface area contributed by atoms with Crippen LogP contribution in [0, 0.1) is 12.8 Å². The summed E-state index contributed by atoms with van der Waals surface area (Å²) in [6, 6.07) is 3.62. The molecule has 0 aliphatic heterocycles. The Bertz CT molecular complexity index is 434. The van der Waals surface area contributed by atoms with E-state index in [-0.39, 0.29) is 17.5 Å². The number of ketones is 1. The van der Waals surface area contributed by atoms with Crippen LogP contribution in [0.1, 0.15) is 48.0 Å². The Kier molecular flexibility index (Phi) is 3.87. The Balaban J connectivity index is 2.29. The predicted molar refractivity (Wildman–Crippen MR) is 71.4 cm³/mol. The average Bonchev–Trinajstić information content (AvgIpc) is 2.34. The summed E-state index contributed by atoms with van der Waals surface area (Å²) in [5.74, 6) is 0.293. The van der Waals surface area contributed by atoms with Crippen LogP contribution in [0.2, 0.25) is 0 Å². The first kappa shape index (κ1) is 12.6. The summed E-state index contributed by atoms with van der Waals surface area (Å²) in [5.41, 5.74) is 1.47. The number of hydrogen-bond acceptors (Lipinski definition) is 2. The van der Waals surface area contributed by atoms with Crippen molar-refractivity contribution in [2.45, 2.75) is 39.0 Å². The minimum absolute atomic E-state index is 0.0890. The van der Waals surface area contributed by atoms with Gasteiger partial charge in [0.1, 0.15) is 5.75 Å². The van der Waals surface area contributed by atoms with E-state index < -0.39 is 0 Å². The summed E-state index contributed by atoms with van der Waals surface area (Å²) < 4.78 is 0.608. The largest absolute Gasteiger partial charge is 0.506 e. The van der Waals surface area contributed by atoms with E-state index >= 15 is 0 Å². The predicted octanol–water partition coefficient (Wildman–Crippen LogP) is 4.23. The zero-order valence-electron chi connectivity index (χ0n) is 10.0. The Morgan fingerprint density at radius 2 is 1.94 bits per heavy atom. The van der Waals surface area contributed by atoms with Crippen molar-refractivity contribution < 1.29 is 9.90 Å². The summed E-state index contributed by atoms with van der Waals surface area (Å²) in [6.45, 7) is 1.93. The van der Waals surface area contributed by atoms with E-state index in [4.69, 9.17) is 0 Å². The molecule has 1 aliphatic carbocycles. The Morgan fingerprint density at radius 1 is 1.29 bits per heavy atom. The molecular formula is C14H17BrO2. The number of carbonyl (C=O) groups is 1. The monoisotopic (exact) mass is 296 g/mol.